The average Bonchev–Trinajstić information content (AvgIpc) is 2.83. The highest BCUT2D eigenvalue weighted by Crippen LogP contribution is 2.23. The molecule has 0 saturated carbocycles. The van der Waals surface area contributed by atoms with E-state index in [4.69, 9.17) is 4.74 Å². The normalized spacial score (nSPS) is 10.2. The van der Waals surface area contributed by atoms with Crippen LogP contribution in [0, 0.1) is 0 Å². The van der Waals surface area contributed by atoms with Crippen molar-refractivity contribution in [2.75, 3.05) is 17.7 Å². The van der Waals surface area contributed by atoms with Gasteiger partial charge in [-0.2, -0.15) is 0 Å². The second kappa shape index (κ2) is 11.2. The second-order valence-corrected chi connectivity index (χ2v) is 8.15. The Morgan fingerprint density at radius 2 is 1.68 bits per heavy atom. The van der Waals surface area contributed by atoms with Gasteiger partial charge in [0.2, 0.25) is 5.91 Å². The summed E-state index contributed by atoms with van der Waals surface area (Å²) in [6.45, 7) is 1.56. The van der Waals surface area contributed by atoms with Gasteiger partial charge in [-0.25, -0.2) is 0 Å². The Bertz CT molecular complexity index is 1260. The zero-order valence-corrected chi connectivity index (χ0v) is 20.1. The molecular weight excluding hydrogens is 502 g/mol. The Kier molecular flexibility index (Phi) is 8.15. The van der Waals surface area contributed by atoms with Crippen LogP contribution >= 0.6 is 15.9 Å². The maximum absolute atomic E-state index is 12.8. The van der Waals surface area contributed by atoms with Crippen molar-refractivity contribution in [1.82, 2.24) is 5.32 Å². The highest BCUT2D eigenvalue weighted by Gasteiger charge is 2.21. The highest BCUT2D eigenvalue weighted by molar-refractivity contribution is 9.10. The number of methoxy groups -OCH3 is 1. The van der Waals surface area contributed by atoms with Crippen molar-refractivity contribution in [3.05, 3.63) is 87.9 Å². The van der Waals surface area contributed by atoms with E-state index in [-0.39, 0.29) is 35.3 Å². The van der Waals surface area contributed by atoms with E-state index >= 15 is 0 Å². The van der Waals surface area contributed by atoms with Gasteiger partial charge in [0.05, 0.1) is 18.4 Å². The second-order valence-electron chi connectivity index (χ2n) is 7.23. The standard InChI is InChI=1S/C25H22BrN3O5/c1-15(30)28-21-11-10-18(26)13-20(21)23(31)25(33)29-19-8-5-7-16(12-19)24(32)27-14-17-6-3-4-9-22(17)34-2/h3-13H,14H2,1-2H3,(H,27,32)(H,28,30)(H,29,33). The molecule has 0 saturated heterocycles. The van der Waals surface area contributed by atoms with Crippen LogP contribution in [0.15, 0.2) is 71.2 Å². The van der Waals surface area contributed by atoms with Crippen molar-refractivity contribution in [2.45, 2.75) is 13.5 Å². The molecule has 0 spiro atoms. The molecule has 3 rings (SSSR count). The zero-order chi connectivity index (χ0) is 24.7. The van der Waals surface area contributed by atoms with Crippen LogP contribution in [-0.2, 0) is 16.1 Å². The Hall–Kier alpha value is -3.98. The minimum absolute atomic E-state index is 0.0350. The monoisotopic (exact) mass is 523 g/mol. The molecule has 174 valence electrons. The predicted octanol–water partition coefficient (Wildman–Crippen LogP) is 4.17. The van der Waals surface area contributed by atoms with E-state index in [1.54, 1.807) is 37.4 Å². The first-order chi connectivity index (χ1) is 16.3. The van der Waals surface area contributed by atoms with Crippen LogP contribution in [0.25, 0.3) is 0 Å². The van der Waals surface area contributed by atoms with E-state index in [2.05, 4.69) is 31.9 Å². The molecule has 34 heavy (non-hydrogen) atoms. The number of benzene rings is 3. The van der Waals surface area contributed by atoms with E-state index in [1.165, 1.54) is 25.1 Å². The molecule has 3 N–H and O–H groups in total. The summed E-state index contributed by atoms with van der Waals surface area (Å²) in [4.78, 5) is 49.4. The molecule has 3 aromatic rings. The summed E-state index contributed by atoms with van der Waals surface area (Å²) >= 11 is 3.26. The molecule has 0 radical (unpaired) electrons. The van der Waals surface area contributed by atoms with Crippen LogP contribution in [0.2, 0.25) is 0 Å². The molecule has 0 heterocycles. The number of amides is 3. The Morgan fingerprint density at radius 1 is 0.912 bits per heavy atom. The zero-order valence-electron chi connectivity index (χ0n) is 18.5. The third kappa shape index (κ3) is 6.29. The van der Waals surface area contributed by atoms with Gasteiger partial charge in [-0.05, 0) is 42.5 Å². The number of para-hydroxylation sites is 1. The summed E-state index contributed by atoms with van der Waals surface area (Å²) < 4.78 is 5.86. The van der Waals surface area contributed by atoms with Gasteiger partial charge in [0.25, 0.3) is 17.6 Å². The van der Waals surface area contributed by atoms with Gasteiger partial charge in [0.15, 0.2) is 0 Å². The number of nitrogens with one attached hydrogen (secondary N) is 3. The molecule has 0 aromatic heterocycles. The summed E-state index contributed by atoms with van der Waals surface area (Å²) in [5.74, 6) is -1.81. The van der Waals surface area contributed by atoms with Crippen LogP contribution in [0.4, 0.5) is 11.4 Å². The molecule has 0 atom stereocenters. The summed E-state index contributed by atoms with van der Waals surface area (Å²) in [6.07, 6.45) is 0. The molecule has 0 unspecified atom stereocenters. The molecule has 0 aliphatic rings. The number of hydrogen-bond acceptors (Lipinski definition) is 5. The van der Waals surface area contributed by atoms with E-state index in [0.29, 0.717) is 15.8 Å². The van der Waals surface area contributed by atoms with E-state index in [0.717, 1.165) is 5.56 Å². The number of carbonyl (C=O) groups is 4. The van der Waals surface area contributed by atoms with Gasteiger partial charge in [-0.3, -0.25) is 19.2 Å². The number of halogens is 1. The smallest absolute Gasteiger partial charge is 0.296 e. The van der Waals surface area contributed by atoms with E-state index in [9.17, 15) is 19.2 Å². The summed E-state index contributed by atoms with van der Waals surface area (Å²) in [5, 5.41) is 7.86. The molecule has 0 fully saturated rings. The van der Waals surface area contributed by atoms with Crippen LogP contribution in [0.5, 0.6) is 5.75 Å². The fourth-order valence-electron chi connectivity index (χ4n) is 3.18. The number of hydrogen-bond donors (Lipinski definition) is 3. The number of ether oxygens (including phenoxy) is 1. The summed E-state index contributed by atoms with van der Waals surface area (Å²) in [6, 6.07) is 18.2. The fraction of sp³-hybridized carbons (Fsp3) is 0.120. The maximum Gasteiger partial charge on any atom is 0.296 e. The summed E-state index contributed by atoms with van der Waals surface area (Å²) in [7, 11) is 1.56. The van der Waals surface area contributed by atoms with Crippen LogP contribution in [0.1, 0.15) is 33.2 Å². The Morgan fingerprint density at radius 3 is 2.41 bits per heavy atom. The topological polar surface area (TPSA) is 114 Å². The van der Waals surface area contributed by atoms with Gasteiger partial charge >= 0.3 is 0 Å². The van der Waals surface area contributed by atoms with Crippen molar-refractivity contribution in [3.63, 3.8) is 0 Å². The summed E-state index contributed by atoms with van der Waals surface area (Å²) in [5.41, 5.74) is 1.66. The minimum Gasteiger partial charge on any atom is -0.496 e. The Balaban J connectivity index is 1.71. The van der Waals surface area contributed by atoms with Crippen LogP contribution < -0.4 is 20.7 Å². The molecule has 0 bridgehead atoms. The molecule has 0 aliphatic heterocycles. The van der Waals surface area contributed by atoms with Gasteiger partial charge in [-0.15, -0.1) is 0 Å². The number of rotatable bonds is 8. The lowest BCUT2D eigenvalue weighted by atomic mass is 10.1. The third-order valence-electron chi connectivity index (χ3n) is 4.76. The van der Waals surface area contributed by atoms with Gasteiger partial charge < -0.3 is 20.7 Å². The lowest BCUT2D eigenvalue weighted by molar-refractivity contribution is -0.114. The average molecular weight is 524 g/mol. The van der Waals surface area contributed by atoms with Gasteiger partial charge in [-0.1, -0.05) is 40.2 Å². The van der Waals surface area contributed by atoms with Gasteiger partial charge in [0, 0.05) is 34.8 Å². The number of Topliss-reactive ketones (excluding diaryl/α,β-unsaturated/α-hetero) is 1. The van der Waals surface area contributed by atoms with Crippen molar-refractivity contribution in [2.24, 2.45) is 0 Å². The first-order valence-electron chi connectivity index (χ1n) is 10.2. The first kappa shape index (κ1) is 24.7. The predicted molar refractivity (Wildman–Crippen MR) is 132 cm³/mol. The number of anilines is 2. The minimum atomic E-state index is -0.906. The van der Waals surface area contributed by atoms with Crippen LogP contribution in [-0.4, -0.2) is 30.6 Å². The lowest BCUT2D eigenvalue weighted by Crippen LogP contribution is -2.25. The van der Waals surface area contributed by atoms with E-state index < -0.39 is 11.7 Å². The number of carbonyl (C=O) groups excluding carboxylic acids is 4. The SMILES string of the molecule is COc1ccccc1CNC(=O)c1cccc(NC(=O)C(=O)c2cc(Br)ccc2NC(C)=O)c1. The Labute approximate surface area is 204 Å². The molecular formula is C25H22BrN3O5. The van der Waals surface area contributed by atoms with Crippen molar-refractivity contribution < 1.29 is 23.9 Å². The van der Waals surface area contributed by atoms with Crippen molar-refractivity contribution >= 4 is 50.8 Å². The quantitative estimate of drug-likeness (QED) is 0.303. The molecule has 3 aromatic carbocycles. The van der Waals surface area contributed by atoms with Gasteiger partial charge in [0.1, 0.15) is 5.75 Å². The largest absolute Gasteiger partial charge is 0.496 e. The van der Waals surface area contributed by atoms with Crippen LogP contribution in [0.3, 0.4) is 0 Å². The molecule has 3 amide bonds. The van der Waals surface area contributed by atoms with Crippen molar-refractivity contribution in [3.8, 4) is 5.75 Å². The maximum atomic E-state index is 12.8. The molecule has 0 aliphatic carbocycles. The fourth-order valence-corrected chi connectivity index (χ4v) is 3.54. The first-order valence-corrected chi connectivity index (χ1v) is 11.0. The highest BCUT2D eigenvalue weighted by atomic mass is 79.9. The lowest BCUT2D eigenvalue weighted by Gasteiger charge is -2.11. The molecule has 9 heteroatoms. The molecule has 8 nitrogen and oxygen atoms in total. The van der Waals surface area contributed by atoms with E-state index in [1.807, 2.05) is 18.2 Å². The van der Waals surface area contributed by atoms with Crippen molar-refractivity contribution in [1.29, 1.82) is 0 Å². The third-order valence-corrected chi connectivity index (χ3v) is 5.25. The number of ketones is 1.